The highest BCUT2D eigenvalue weighted by molar-refractivity contribution is 5.73. The second-order valence-corrected chi connectivity index (χ2v) is 7.95. The van der Waals surface area contributed by atoms with Gasteiger partial charge >= 0.3 is 6.03 Å². The number of rotatable bonds is 5. The summed E-state index contributed by atoms with van der Waals surface area (Å²) in [6.07, 6.45) is 1.10. The van der Waals surface area contributed by atoms with Crippen LogP contribution in [0.2, 0.25) is 0 Å². The van der Waals surface area contributed by atoms with E-state index < -0.39 is 5.60 Å². The molecule has 0 unspecified atom stereocenters. The fourth-order valence-corrected chi connectivity index (χ4v) is 3.15. The summed E-state index contributed by atoms with van der Waals surface area (Å²) in [5.41, 5.74) is -1.18. The van der Waals surface area contributed by atoms with E-state index in [4.69, 9.17) is 9.15 Å². The quantitative estimate of drug-likeness (QED) is 0.770. The van der Waals surface area contributed by atoms with Gasteiger partial charge in [-0.15, -0.1) is 0 Å². The largest absolute Gasteiger partial charge is 0.463 e. The molecule has 6 nitrogen and oxygen atoms in total. The van der Waals surface area contributed by atoms with E-state index in [9.17, 15) is 9.90 Å². The Morgan fingerprint density at radius 2 is 2.00 bits per heavy atom. The van der Waals surface area contributed by atoms with Crippen LogP contribution in [-0.4, -0.2) is 36.9 Å². The number of carbonyl (C=O) groups excluding carboxylic acids is 1. The zero-order chi connectivity index (χ0) is 18.0. The van der Waals surface area contributed by atoms with Gasteiger partial charge in [-0.05, 0) is 37.8 Å². The van der Waals surface area contributed by atoms with Crippen LogP contribution >= 0.6 is 0 Å². The lowest BCUT2D eigenvalue weighted by molar-refractivity contribution is 0.00761. The van der Waals surface area contributed by atoms with E-state index in [0.29, 0.717) is 18.2 Å². The maximum Gasteiger partial charge on any atom is 0.314 e. The van der Waals surface area contributed by atoms with Crippen LogP contribution in [0.15, 0.2) is 16.5 Å². The first-order chi connectivity index (χ1) is 11.1. The van der Waals surface area contributed by atoms with Crippen LogP contribution in [-0.2, 0) is 10.3 Å². The predicted molar refractivity (Wildman–Crippen MR) is 91.7 cm³/mol. The molecule has 1 aromatic heterocycles. The topological polar surface area (TPSA) is 83.7 Å². The maximum absolute atomic E-state index is 12.0. The van der Waals surface area contributed by atoms with Crippen LogP contribution < -0.4 is 10.6 Å². The molecule has 2 heterocycles. The highest BCUT2D eigenvalue weighted by Gasteiger charge is 2.37. The lowest BCUT2D eigenvalue weighted by atomic mass is 9.81. The molecule has 0 aliphatic carbocycles. The number of aryl methyl sites for hydroxylation is 1. The van der Waals surface area contributed by atoms with Gasteiger partial charge in [0.15, 0.2) is 0 Å². The van der Waals surface area contributed by atoms with Gasteiger partial charge in [-0.1, -0.05) is 20.8 Å². The lowest BCUT2D eigenvalue weighted by Crippen LogP contribution is -2.46. The van der Waals surface area contributed by atoms with Crippen molar-refractivity contribution in [2.45, 2.75) is 52.7 Å². The minimum absolute atomic E-state index is 0.0557. The molecular formula is C18H30N2O4. The third-order valence-corrected chi connectivity index (χ3v) is 4.46. The van der Waals surface area contributed by atoms with Gasteiger partial charge in [-0.3, -0.25) is 0 Å². The summed E-state index contributed by atoms with van der Waals surface area (Å²) in [6.45, 7) is 11.3. The number of amides is 2. The van der Waals surface area contributed by atoms with Gasteiger partial charge in [-0.25, -0.2) is 4.79 Å². The molecule has 1 aromatic rings. The Labute approximate surface area is 143 Å². The highest BCUT2D eigenvalue weighted by atomic mass is 16.5. The summed E-state index contributed by atoms with van der Waals surface area (Å²) in [5.74, 6) is 1.48. The lowest BCUT2D eigenvalue weighted by Gasteiger charge is -2.31. The van der Waals surface area contributed by atoms with Gasteiger partial charge in [0.1, 0.15) is 17.1 Å². The first-order valence-corrected chi connectivity index (χ1v) is 8.52. The minimum atomic E-state index is -1.24. The number of ether oxygens (including phenoxy) is 1. The molecule has 0 aromatic carbocycles. The molecule has 24 heavy (non-hydrogen) atoms. The molecule has 0 saturated carbocycles. The maximum atomic E-state index is 12.0. The van der Waals surface area contributed by atoms with E-state index in [1.165, 1.54) is 0 Å². The summed E-state index contributed by atoms with van der Waals surface area (Å²) < 4.78 is 11.2. The first kappa shape index (κ1) is 18.8. The zero-order valence-electron chi connectivity index (χ0n) is 15.3. The molecule has 0 spiro atoms. The van der Waals surface area contributed by atoms with Crippen molar-refractivity contribution in [1.29, 1.82) is 0 Å². The van der Waals surface area contributed by atoms with Crippen LogP contribution in [0, 0.1) is 18.3 Å². The van der Waals surface area contributed by atoms with Crippen molar-refractivity contribution < 1.29 is 19.1 Å². The summed E-state index contributed by atoms with van der Waals surface area (Å²) >= 11 is 0. The van der Waals surface area contributed by atoms with Gasteiger partial charge in [0.25, 0.3) is 0 Å². The number of hydrogen-bond acceptors (Lipinski definition) is 4. The Morgan fingerprint density at radius 1 is 1.29 bits per heavy atom. The molecule has 1 fully saturated rings. The Kier molecular flexibility index (Phi) is 5.60. The van der Waals surface area contributed by atoms with Gasteiger partial charge in [0.05, 0.1) is 12.6 Å². The van der Waals surface area contributed by atoms with E-state index in [0.717, 1.165) is 18.8 Å². The smallest absolute Gasteiger partial charge is 0.314 e. The van der Waals surface area contributed by atoms with Crippen molar-refractivity contribution in [2.24, 2.45) is 11.3 Å². The van der Waals surface area contributed by atoms with Crippen molar-refractivity contribution in [3.8, 4) is 0 Å². The molecule has 0 bridgehead atoms. The Morgan fingerprint density at radius 3 is 2.58 bits per heavy atom. The molecule has 1 aliphatic rings. The molecule has 1 saturated heterocycles. The van der Waals surface area contributed by atoms with E-state index in [1.807, 2.05) is 6.92 Å². The first-order valence-electron chi connectivity index (χ1n) is 8.52. The van der Waals surface area contributed by atoms with Crippen molar-refractivity contribution in [2.75, 3.05) is 19.7 Å². The van der Waals surface area contributed by atoms with Crippen LogP contribution in [0.25, 0.3) is 0 Å². The number of nitrogens with one attached hydrogen (secondary N) is 2. The Balaban J connectivity index is 1.79. The van der Waals surface area contributed by atoms with Crippen LogP contribution in [0.4, 0.5) is 4.79 Å². The number of urea groups is 1. The summed E-state index contributed by atoms with van der Waals surface area (Å²) in [7, 11) is 0. The highest BCUT2D eigenvalue weighted by Crippen LogP contribution is 2.34. The summed E-state index contributed by atoms with van der Waals surface area (Å²) in [6, 6.07) is 3.22. The average molecular weight is 338 g/mol. The molecular weight excluding hydrogens is 308 g/mol. The van der Waals surface area contributed by atoms with Crippen molar-refractivity contribution in [3.05, 3.63) is 23.7 Å². The second-order valence-electron chi connectivity index (χ2n) is 7.95. The number of aliphatic hydroxyl groups is 1. The number of hydrogen-bond donors (Lipinski definition) is 3. The van der Waals surface area contributed by atoms with Gasteiger partial charge in [-0.2, -0.15) is 0 Å². The van der Waals surface area contributed by atoms with Gasteiger partial charge in [0, 0.05) is 19.1 Å². The van der Waals surface area contributed by atoms with Gasteiger partial charge < -0.3 is 24.9 Å². The van der Waals surface area contributed by atoms with E-state index in [-0.39, 0.29) is 24.1 Å². The molecule has 1 aliphatic heterocycles. The van der Waals surface area contributed by atoms with Crippen LogP contribution in [0.1, 0.15) is 45.6 Å². The minimum Gasteiger partial charge on any atom is -0.463 e. The monoisotopic (exact) mass is 338 g/mol. The summed E-state index contributed by atoms with van der Waals surface area (Å²) in [5, 5.41) is 16.0. The normalized spacial score (nSPS) is 23.8. The third kappa shape index (κ3) is 4.74. The molecule has 0 radical (unpaired) electrons. The number of furan rings is 1. The zero-order valence-corrected chi connectivity index (χ0v) is 15.3. The second kappa shape index (κ2) is 7.15. The van der Waals surface area contributed by atoms with Crippen molar-refractivity contribution in [3.63, 3.8) is 0 Å². The molecule has 136 valence electrons. The van der Waals surface area contributed by atoms with Crippen molar-refractivity contribution >= 4 is 6.03 Å². The molecule has 3 atom stereocenters. The van der Waals surface area contributed by atoms with Crippen molar-refractivity contribution in [1.82, 2.24) is 10.6 Å². The van der Waals surface area contributed by atoms with Crippen LogP contribution in [0.5, 0.6) is 0 Å². The Bertz CT molecular complexity index is 560. The summed E-state index contributed by atoms with van der Waals surface area (Å²) in [4.78, 5) is 12.0. The Hall–Kier alpha value is -1.53. The third-order valence-electron chi connectivity index (χ3n) is 4.46. The fourth-order valence-electron chi connectivity index (χ4n) is 3.15. The SMILES string of the molecule is Cc1ccc([C@](C)(O)CNC(=O)NC[C@@H]2CCO[C@H]2C(C)(C)C)o1. The number of carbonyl (C=O) groups is 1. The van der Waals surface area contributed by atoms with E-state index in [2.05, 4.69) is 31.4 Å². The molecule has 3 N–H and O–H groups in total. The molecule has 2 rings (SSSR count). The average Bonchev–Trinajstić information content (AvgIpc) is 3.11. The molecule has 2 amide bonds. The van der Waals surface area contributed by atoms with E-state index >= 15 is 0 Å². The van der Waals surface area contributed by atoms with Gasteiger partial charge in [0.2, 0.25) is 0 Å². The van der Waals surface area contributed by atoms with E-state index in [1.54, 1.807) is 19.1 Å². The predicted octanol–water partition coefficient (Wildman–Crippen LogP) is 2.55. The standard InChI is InChI=1S/C18H30N2O4/c1-12-6-7-14(24-12)18(5,22)11-20-16(21)19-10-13-8-9-23-15(13)17(2,3)4/h6-7,13,15,22H,8-11H2,1-5H3,(H2,19,20,21)/t13-,15+,18+/m0/s1. The molecule has 6 heteroatoms. The van der Waals surface area contributed by atoms with Crippen LogP contribution in [0.3, 0.4) is 0 Å². The fraction of sp³-hybridized carbons (Fsp3) is 0.722.